The molecular formula is C19H16F3N3O3. The highest BCUT2D eigenvalue weighted by atomic mass is 19.4. The van der Waals surface area contributed by atoms with Crippen LogP contribution in [0.2, 0.25) is 0 Å². The van der Waals surface area contributed by atoms with Gasteiger partial charge in [-0.05, 0) is 18.2 Å². The molecule has 146 valence electrons. The Morgan fingerprint density at radius 3 is 2.57 bits per heavy atom. The molecule has 2 aliphatic heterocycles. The fourth-order valence-corrected chi connectivity index (χ4v) is 3.73. The molecule has 28 heavy (non-hydrogen) atoms. The number of rotatable bonds is 3. The van der Waals surface area contributed by atoms with Gasteiger partial charge in [0.1, 0.15) is 0 Å². The summed E-state index contributed by atoms with van der Waals surface area (Å²) >= 11 is 0. The van der Waals surface area contributed by atoms with Gasteiger partial charge in [0.2, 0.25) is 5.66 Å². The maximum Gasteiger partial charge on any atom is 0.418 e. The molecule has 0 aliphatic carbocycles. The molecule has 0 fully saturated rings. The lowest BCUT2D eigenvalue weighted by Gasteiger charge is -2.44. The van der Waals surface area contributed by atoms with E-state index in [-0.39, 0.29) is 24.4 Å². The van der Waals surface area contributed by atoms with Crippen molar-refractivity contribution in [2.75, 3.05) is 30.9 Å². The predicted octanol–water partition coefficient (Wildman–Crippen LogP) is 3.02. The number of nitrogens with zero attached hydrogens (tertiary/aromatic N) is 1. The first-order valence-corrected chi connectivity index (χ1v) is 8.51. The van der Waals surface area contributed by atoms with Gasteiger partial charge in [0.15, 0.2) is 0 Å². The summed E-state index contributed by atoms with van der Waals surface area (Å²) < 4.78 is 45.5. The zero-order chi connectivity index (χ0) is 20.1. The molecule has 2 heterocycles. The Morgan fingerprint density at radius 1 is 1.11 bits per heavy atom. The molecular weight excluding hydrogens is 375 g/mol. The van der Waals surface area contributed by atoms with Gasteiger partial charge in [-0.1, -0.05) is 24.3 Å². The van der Waals surface area contributed by atoms with E-state index in [0.29, 0.717) is 11.3 Å². The Kier molecular flexibility index (Phi) is 4.07. The van der Waals surface area contributed by atoms with Crippen LogP contribution in [-0.2, 0) is 21.4 Å². The molecule has 1 spiro atoms. The van der Waals surface area contributed by atoms with E-state index in [1.165, 1.54) is 24.1 Å². The van der Waals surface area contributed by atoms with E-state index >= 15 is 0 Å². The number of halogens is 3. The highest BCUT2D eigenvalue weighted by Crippen LogP contribution is 2.49. The molecule has 0 saturated heterocycles. The van der Waals surface area contributed by atoms with Gasteiger partial charge in [-0.15, -0.1) is 0 Å². The number of fused-ring (bicyclic) bond motifs is 3. The number of hydrogen-bond donors (Lipinski definition) is 2. The SMILES string of the molecule is COCCN1C(=O)c2ccccc2N[C@@]12C(=O)Nc1c(C(F)(F)F)cccc12. The molecule has 4 rings (SSSR count). The molecule has 2 aromatic rings. The molecule has 9 heteroatoms. The van der Waals surface area contributed by atoms with E-state index in [0.717, 1.165) is 6.07 Å². The smallest absolute Gasteiger partial charge is 0.383 e. The van der Waals surface area contributed by atoms with Crippen molar-refractivity contribution in [1.82, 2.24) is 4.90 Å². The van der Waals surface area contributed by atoms with Gasteiger partial charge < -0.3 is 20.3 Å². The van der Waals surface area contributed by atoms with Crippen LogP contribution < -0.4 is 10.6 Å². The third-order valence-corrected chi connectivity index (χ3v) is 4.97. The fourth-order valence-electron chi connectivity index (χ4n) is 3.73. The first-order valence-electron chi connectivity index (χ1n) is 8.51. The van der Waals surface area contributed by atoms with Gasteiger partial charge >= 0.3 is 6.18 Å². The molecule has 0 unspecified atom stereocenters. The Hall–Kier alpha value is -3.07. The standard InChI is InChI=1S/C19H16F3N3O3/c1-28-10-9-25-16(26)11-5-2-3-8-14(11)24-18(25)12-6-4-7-13(19(20,21)22)15(12)23-17(18)27/h2-8,24H,9-10H2,1H3,(H,23,27)/t18-/m1/s1. The number of alkyl halides is 3. The number of carbonyl (C=O) groups is 2. The van der Waals surface area contributed by atoms with Crippen molar-refractivity contribution in [2.24, 2.45) is 0 Å². The second-order valence-corrected chi connectivity index (χ2v) is 6.51. The van der Waals surface area contributed by atoms with Crippen molar-refractivity contribution in [3.63, 3.8) is 0 Å². The van der Waals surface area contributed by atoms with Crippen LogP contribution in [0.25, 0.3) is 0 Å². The number of amides is 2. The zero-order valence-corrected chi connectivity index (χ0v) is 14.8. The maximum atomic E-state index is 13.5. The summed E-state index contributed by atoms with van der Waals surface area (Å²) in [6.45, 7) is 0.124. The third kappa shape index (κ3) is 2.46. The second-order valence-electron chi connectivity index (χ2n) is 6.51. The summed E-state index contributed by atoms with van der Waals surface area (Å²) in [6.07, 6.45) is -4.65. The summed E-state index contributed by atoms with van der Waals surface area (Å²) in [7, 11) is 1.44. The fraction of sp³-hybridized carbons (Fsp3) is 0.263. The highest BCUT2D eigenvalue weighted by Gasteiger charge is 2.57. The van der Waals surface area contributed by atoms with Crippen molar-refractivity contribution < 1.29 is 27.5 Å². The molecule has 0 bridgehead atoms. The van der Waals surface area contributed by atoms with Gasteiger partial charge in [0, 0.05) is 24.9 Å². The summed E-state index contributed by atoms with van der Waals surface area (Å²) in [4.78, 5) is 27.4. The maximum absolute atomic E-state index is 13.5. The first-order chi connectivity index (χ1) is 13.3. The average molecular weight is 391 g/mol. The lowest BCUT2D eigenvalue weighted by molar-refractivity contribution is -0.136. The van der Waals surface area contributed by atoms with Crippen LogP contribution in [-0.4, -0.2) is 37.0 Å². The van der Waals surface area contributed by atoms with Gasteiger partial charge in [-0.3, -0.25) is 9.59 Å². The Balaban J connectivity index is 1.95. The number of nitrogens with one attached hydrogen (secondary N) is 2. The Morgan fingerprint density at radius 2 is 1.86 bits per heavy atom. The van der Waals surface area contributed by atoms with Crippen LogP contribution in [0.4, 0.5) is 24.5 Å². The summed E-state index contributed by atoms with van der Waals surface area (Å²) in [5.74, 6) is -1.22. The molecule has 2 aromatic carbocycles. The monoisotopic (exact) mass is 391 g/mol. The quantitative estimate of drug-likeness (QED) is 0.844. The third-order valence-electron chi connectivity index (χ3n) is 4.97. The predicted molar refractivity (Wildman–Crippen MR) is 94.7 cm³/mol. The van der Waals surface area contributed by atoms with Gasteiger partial charge in [-0.25, -0.2) is 0 Å². The van der Waals surface area contributed by atoms with Crippen LogP contribution in [0.3, 0.4) is 0 Å². The van der Waals surface area contributed by atoms with Crippen molar-refractivity contribution >= 4 is 23.2 Å². The average Bonchev–Trinajstić information content (AvgIpc) is 2.93. The molecule has 2 N–H and O–H groups in total. The minimum Gasteiger partial charge on any atom is -0.383 e. The van der Waals surface area contributed by atoms with E-state index in [9.17, 15) is 22.8 Å². The van der Waals surface area contributed by atoms with E-state index in [1.807, 2.05) is 0 Å². The van der Waals surface area contributed by atoms with E-state index in [4.69, 9.17) is 4.74 Å². The van der Waals surface area contributed by atoms with E-state index < -0.39 is 29.2 Å². The topological polar surface area (TPSA) is 70.7 Å². The molecule has 0 radical (unpaired) electrons. The van der Waals surface area contributed by atoms with Gasteiger partial charge in [-0.2, -0.15) is 13.2 Å². The summed E-state index contributed by atoms with van der Waals surface area (Å²) in [6, 6.07) is 10.1. The number of methoxy groups -OCH3 is 1. The van der Waals surface area contributed by atoms with Crippen LogP contribution >= 0.6 is 0 Å². The van der Waals surface area contributed by atoms with Crippen LogP contribution in [0.15, 0.2) is 42.5 Å². The van der Waals surface area contributed by atoms with Crippen molar-refractivity contribution in [3.8, 4) is 0 Å². The zero-order valence-electron chi connectivity index (χ0n) is 14.8. The van der Waals surface area contributed by atoms with E-state index in [2.05, 4.69) is 10.6 Å². The van der Waals surface area contributed by atoms with Crippen LogP contribution in [0.5, 0.6) is 0 Å². The normalized spacial score (nSPS) is 20.6. The molecule has 0 aromatic heterocycles. The lowest BCUT2D eigenvalue weighted by Crippen LogP contribution is -2.62. The number of para-hydroxylation sites is 2. The molecule has 6 nitrogen and oxygen atoms in total. The minimum atomic E-state index is -4.65. The number of hydrogen-bond acceptors (Lipinski definition) is 4. The van der Waals surface area contributed by atoms with E-state index in [1.54, 1.807) is 24.3 Å². The lowest BCUT2D eigenvalue weighted by atomic mass is 9.92. The second kappa shape index (κ2) is 6.23. The van der Waals surface area contributed by atoms with Crippen LogP contribution in [0, 0.1) is 0 Å². The molecule has 2 aliphatic rings. The molecule has 2 amide bonds. The Bertz CT molecular complexity index is 976. The molecule has 0 saturated carbocycles. The number of ether oxygens (including phenoxy) is 1. The largest absolute Gasteiger partial charge is 0.418 e. The summed E-state index contributed by atoms with van der Waals surface area (Å²) in [5, 5.41) is 5.35. The molecule has 1 atom stereocenters. The number of anilines is 2. The van der Waals surface area contributed by atoms with Crippen LogP contribution in [0.1, 0.15) is 21.5 Å². The van der Waals surface area contributed by atoms with Crippen molar-refractivity contribution in [3.05, 3.63) is 59.2 Å². The first kappa shape index (κ1) is 18.3. The summed E-state index contributed by atoms with van der Waals surface area (Å²) in [5.41, 5.74) is -2.34. The number of carbonyl (C=O) groups excluding carboxylic acids is 2. The van der Waals surface area contributed by atoms with Gasteiger partial charge in [0.25, 0.3) is 11.8 Å². The minimum absolute atomic E-state index is 0.0137. The van der Waals surface area contributed by atoms with Gasteiger partial charge in [0.05, 0.1) is 23.4 Å². The van der Waals surface area contributed by atoms with Crippen molar-refractivity contribution in [2.45, 2.75) is 11.8 Å². The number of benzene rings is 2. The van der Waals surface area contributed by atoms with Crippen molar-refractivity contribution in [1.29, 1.82) is 0 Å². The Labute approximate surface area is 158 Å². The highest BCUT2D eigenvalue weighted by molar-refractivity contribution is 6.14.